The Hall–Kier alpha value is -2.57. The standard InChI is InChI=1S/C14H17N3O4/c1-2-10(14(19)20)8-15-13(18)12-5-4-11(21-12)9-17-7-3-6-16-17/h3-7,10H,2,8-9H2,1H3,(H,15,18)(H,19,20). The fourth-order valence-electron chi connectivity index (χ4n) is 1.85. The zero-order chi connectivity index (χ0) is 15.2. The van der Waals surface area contributed by atoms with Crippen molar-refractivity contribution in [2.24, 2.45) is 5.92 Å². The number of furan rings is 1. The molecule has 2 aromatic rings. The van der Waals surface area contributed by atoms with Crippen LogP contribution >= 0.6 is 0 Å². The molecule has 7 heteroatoms. The molecular weight excluding hydrogens is 274 g/mol. The summed E-state index contributed by atoms with van der Waals surface area (Å²) in [5.74, 6) is -1.16. The zero-order valence-electron chi connectivity index (χ0n) is 11.7. The number of carboxylic acid groups (broad SMARTS) is 1. The first kappa shape index (κ1) is 14.8. The lowest BCUT2D eigenvalue weighted by molar-refractivity contribution is -0.141. The molecule has 7 nitrogen and oxygen atoms in total. The molecule has 0 saturated heterocycles. The first-order chi connectivity index (χ1) is 10.1. The van der Waals surface area contributed by atoms with Crippen LogP contribution in [0.15, 0.2) is 35.0 Å². The first-order valence-corrected chi connectivity index (χ1v) is 6.67. The summed E-state index contributed by atoms with van der Waals surface area (Å²) in [5, 5.41) is 15.5. The van der Waals surface area contributed by atoms with E-state index >= 15 is 0 Å². The Balaban J connectivity index is 1.91. The number of amides is 1. The van der Waals surface area contributed by atoms with Crippen LogP contribution in [0.4, 0.5) is 0 Å². The van der Waals surface area contributed by atoms with Crippen LogP contribution in [-0.2, 0) is 11.3 Å². The van der Waals surface area contributed by atoms with Gasteiger partial charge in [0.2, 0.25) is 0 Å². The third-order valence-electron chi connectivity index (χ3n) is 3.11. The highest BCUT2D eigenvalue weighted by Gasteiger charge is 2.18. The highest BCUT2D eigenvalue weighted by atomic mass is 16.4. The largest absolute Gasteiger partial charge is 0.481 e. The molecule has 0 saturated carbocycles. The molecule has 0 bridgehead atoms. The molecule has 0 aromatic carbocycles. The summed E-state index contributed by atoms with van der Waals surface area (Å²) in [6, 6.07) is 5.06. The van der Waals surface area contributed by atoms with E-state index < -0.39 is 17.8 Å². The first-order valence-electron chi connectivity index (χ1n) is 6.67. The van der Waals surface area contributed by atoms with E-state index in [-0.39, 0.29) is 12.3 Å². The van der Waals surface area contributed by atoms with Crippen molar-refractivity contribution in [3.05, 3.63) is 42.1 Å². The normalized spacial score (nSPS) is 12.0. The Morgan fingerprint density at radius 2 is 2.29 bits per heavy atom. The van der Waals surface area contributed by atoms with E-state index in [0.717, 1.165) is 0 Å². The van der Waals surface area contributed by atoms with Gasteiger partial charge in [0.05, 0.1) is 12.5 Å². The molecule has 21 heavy (non-hydrogen) atoms. The van der Waals surface area contributed by atoms with Crippen LogP contribution in [0.25, 0.3) is 0 Å². The van der Waals surface area contributed by atoms with E-state index in [1.807, 2.05) is 0 Å². The summed E-state index contributed by atoms with van der Waals surface area (Å²) < 4.78 is 7.10. The Kier molecular flexibility index (Phi) is 4.76. The highest BCUT2D eigenvalue weighted by molar-refractivity contribution is 5.91. The lowest BCUT2D eigenvalue weighted by Crippen LogP contribution is -2.32. The van der Waals surface area contributed by atoms with Gasteiger partial charge in [0.1, 0.15) is 5.76 Å². The van der Waals surface area contributed by atoms with Crippen molar-refractivity contribution in [1.29, 1.82) is 0 Å². The molecule has 0 radical (unpaired) electrons. The molecule has 2 aromatic heterocycles. The minimum absolute atomic E-state index is 0.0832. The third kappa shape index (κ3) is 3.95. The molecule has 0 aliphatic heterocycles. The van der Waals surface area contributed by atoms with Gasteiger partial charge >= 0.3 is 5.97 Å². The highest BCUT2D eigenvalue weighted by Crippen LogP contribution is 2.10. The maximum Gasteiger partial charge on any atom is 0.308 e. The van der Waals surface area contributed by atoms with Crippen LogP contribution < -0.4 is 5.32 Å². The van der Waals surface area contributed by atoms with Crippen LogP contribution in [0.1, 0.15) is 29.7 Å². The number of rotatable bonds is 7. The van der Waals surface area contributed by atoms with Crippen molar-refractivity contribution in [1.82, 2.24) is 15.1 Å². The van der Waals surface area contributed by atoms with Crippen LogP contribution in [-0.4, -0.2) is 33.3 Å². The van der Waals surface area contributed by atoms with Gasteiger partial charge in [-0.15, -0.1) is 0 Å². The lowest BCUT2D eigenvalue weighted by atomic mass is 10.1. The summed E-state index contributed by atoms with van der Waals surface area (Å²) in [6.07, 6.45) is 3.91. The zero-order valence-corrected chi connectivity index (χ0v) is 11.7. The molecule has 1 amide bonds. The topological polar surface area (TPSA) is 97.4 Å². The maximum atomic E-state index is 11.9. The molecule has 112 valence electrons. The number of carbonyl (C=O) groups excluding carboxylic acids is 1. The Morgan fingerprint density at radius 1 is 1.48 bits per heavy atom. The van der Waals surface area contributed by atoms with E-state index in [4.69, 9.17) is 9.52 Å². The van der Waals surface area contributed by atoms with E-state index in [1.54, 1.807) is 42.2 Å². The second-order valence-electron chi connectivity index (χ2n) is 4.62. The van der Waals surface area contributed by atoms with Gasteiger partial charge in [-0.2, -0.15) is 5.10 Å². The number of nitrogens with one attached hydrogen (secondary N) is 1. The van der Waals surface area contributed by atoms with Gasteiger partial charge in [0, 0.05) is 18.9 Å². The summed E-state index contributed by atoms with van der Waals surface area (Å²) in [5.41, 5.74) is 0. The number of hydrogen-bond acceptors (Lipinski definition) is 4. The quantitative estimate of drug-likeness (QED) is 0.803. The van der Waals surface area contributed by atoms with Gasteiger partial charge < -0.3 is 14.8 Å². The van der Waals surface area contributed by atoms with Crippen LogP contribution in [0, 0.1) is 5.92 Å². The van der Waals surface area contributed by atoms with E-state index in [9.17, 15) is 9.59 Å². The second-order valence-corrected chi connectivity index (χ2v) is 4.62. The number of hydrogen-bond donors (Lipinski definition) is 2. The molecular formula is C14H17N3O4. The Morgan fingerprint density at radius 3 is 2.90 bits per heavy atom. The van der Waals surface area contributed by atoms with Gasteiger partial charge in [0.25, 0.3) is 5.91 Å². The summed E-state index contributed by atoms with van der Waals surface area (Å²) >= 11 is 0. The van der Waals surface area contributed by atoms with Gasteiger partial charge in [-0.05, 0) is 24.6 Å². The molecule has 0 spiro atoms. The lowest BCUT2D eigenvalue weighted by Gasteiger charge is -2.09. The number of aromatic nitrogens is 2. The summed E-state index contributed by atoms with van der Waals surface area (Å²) in [7, 11) is 0. The van der Waals surface area contributed by atoms with Crippen molar-refractivity contribution < 1.29 is 19.1 Å². The number of nitrogens with zero attached hydrogens (tertiary/aromatic N) is 2. The van der Waals surface area contributed by atoms with E-state index in [1.165, 1.54) is 0 Å². The predicted molar refractivity (Wildman–Crippen MR) is 73.8 cm³/mol. The van der Waals surface area contributed by atoms with Gasteiger partial charge in [-0.3, -0.25) is 14.3 Å². The predicted octanol–water partition coefficient (Wildman–Crippen LogP) is 1.37. The van der Waals surface area contributed by atoms with Gasteiger partial charge in [0.15, 0.2) is 5.76 Å². The summed E-state index contributed by atoms with van der Waals surface area (Å²) in [4.78, 5) is 22.8. The van der Waals surface area contributed by atoms with Crippen molar-refractivity contribution in [3.8, 4) is 0 Å². The molecule has 1 atom stereocenters. The van der Waals surface area contributed by atoms with Gasteiger partial charge in [-0.1, -0.05) is 6.92 Å². The average molecular weight is 291 g/mol. The molecule has 2 rings (SSSR count). The van der Waals surface area contributed by atoms with Crippen LogP contribution in [0.5, 0.6) is 0 Å². The molecule has 0 aliphatic carbocycles. The van der Waals surface area contributed by atoms with Crippen molar-refractivity contribution in [2.45, 2.75) is 19.9 Å². The molecule has 1 unspecified atom stereocenters. The molecule has 2 N–H and O–H groups in total. The number of carbonyl (C=O) groups is 2. The average Bonchev–Trinajstić information content (AvgIpc) is 3.11. The molecule has 2 heterocycles. The minimum atomic E-state index is -0.920. The SMILES string of the molecule is CCC(CNC(=O)c1ccc(Cn2cccn2)o1)C(=O)O. The van der Waals surface area contributed by atoms with Gasteiger partial charge in [-0.25, -0.2) is 0 Å². The second kappa shape index (κ2) is 6.74. The van der Waals surface area contributed by atoms with Crippen molar-refractivity contribution in [3.63, 3.8) is 0 Å². The molecule has 0 aliphatic rings. The maximum absolute atomic E-state index is 11.9. The monoisotopic (exact) mass is 291 g/mol. The van der Waals surface area contributed by atoms with E-state index in [0.29, 0.717) is 18.7 Å². The Labute approximate surface area is 121 Å². The van der Waals surface area contributed by atoms with Crippen LogP contribution in [0.3, 0.4) is 0 Å². The molecule has 0 fully saturated rings. The van der Waals surface area contributed by atoms with Crippen molar-refractivity contribution in [2.75, 3.05) is 6.54 Å². The smallest absolute Gasteiger partial charge is 0.308 e. The fourth-order valence-corrected chi connectivity index (χ4v) is 1.85. The van der Waals surface area contributed by atoms with Crippen LogP contribution in [0.2, 0.25) is 0 Å². The van der Waals surface area contributed by atoms with E-state index in [2.05, 4.69) is 10.4 Å². The third-order valence-corrected chi connectivity index (χ3v) is 3.11. The Bertz CT molecular complexity index is 604. The van der Waals surface area contributed by atoms with Crippen molar-refractivity contribution >= 4 is 11.9 Å². The summed E-state index contributed by atoms with van der Waals surface area (Å²) in [6.45, 7) is 2.28. The number of aliphatic carboxylic acids is 1. The number of carboxylic acids is 1. The minimum Gasteiger partial charge on any atom is -0.481 e. The fraction of sp³-hybridized carbons (Fsp3) is 0.357.